The molecule has 1 aliphatic heterocycles. The zero-order valence-electron chi connectivity index (χ0n) is 40.2. The van der Waals surface area contributed by atoms with E-state index >= 15 is 0 Å². The van der Waals surface area contributed by atoms with Gasteiger partial charge in [-0.15, -0.1) is 0 Å². The number of carbonyl (C=O) groups is 1. The molecular weight excluding hydrogens is 823 g/mol. The maximum absolute atomic E-state index is 13.0. The summed E-state index contributed by atoms with van der Waals surface area (Å²) in [5.41, 5.74) is 0. The molecule has 6 N–H and O–H groups in total. The summed E-state index contributed by atoms with van der Waals surface area (Å²) in [6, 6.07) is -0.938. The van der Waals surface area contributed by atoms with Crippen LogP contribution in [0.1, 0.15) is 245 Å². The van der Waals surface area contributed by atoms with Crippen molar-refractivity contribution in [1.29, 1.82) is 0 Å². The molecule has 0 saturated carbocycles. The van der Waals surface area contributed by atoms with Gasteiger partial charge in [0.1, 0.15) is 24.4 Å². The Morgan fingerprint density at radius 3 is 1.38 bits per heavy atom. The van der Waals surface area contributed by atoms with E-state index in [-0.39, 0.29) is 18.9 Å². The summed E-state index contributed by atoms with van der Waals surface area (Å²) >= 11 is 0. The SMILES string of the molecule is CCCCCCCCCCCCCCCCCCCCCCCCC/C=C/C(O)C(COC1OC(CO)C(O)C(OS(=O)(=O)O)C1O)NC(=O)CCCCCCCCCCCCC. The average Bonchev–Trinajstić information content (AvgIpc) is 3.25. The molecule has 0 radical (unpaired) electrons. The molecule has 12 nitrogen and oxygen atoms in total. The van der Waals surface area contributed by atoms with Gasteiger partial charge in [0, 0.05) is 6.42 Å². The van der Waals surface area contributed by atoms with E-state index in [4.69, 9.17) is 9.47 Å². The van der Waals surface area contributed by atoms with Crippen LogP contribution >= 0.6 is 0 Å². The van der Waals surface area contributed by atoms with Gasteiger partial charge in [0.15, 0.2) is 6.29 Å². The topological polar surface area (TPSA) is 192 Å². The lowest BCUT2D eigenvalue weighted by Gasteiger charge is -2.41. The largest absolute Gasteiger partial charge is 0.397 e. The van der Waals surface area contributed by atoms with Gasteiger partial charge in [0.2, 0.25) is 5.91 Å². The van der Waals surface area contributed by atoms with Gasteiger partial charge in [-0.25, -0.2) is 4.18 Å². The van der Waals surface area contributed by atoms with Gasteiger partial charge >= 0.3 is 10.4 Å². The number of aliphatic hydroxyl groups excluding tert-OH is 4. The van der Waals surface area contributed by atoms with Gasteiger partial charge in [-0.3, -0.25) is 9.35 Å². The molecule has 1 amide bonds. The van der Waals surface area contributed by atoms with Crippen molar-refractivity contribution in [2.45, 2.75) is 288 Å². The van der Waals surface area contributed by atoms with E-state index in [1.54, 1.807) is 6.08 Å². The molecule has 0 aromatic rings. The molecule has 1 aliphatic rings. The Morgan fingerprint density at radius 1 is 0.619 bits per heavy atom. The summed E-state index contributed by atoms with van der Waals surface area (Å²) in [7, 11) is -5.08. The van der Waals surface area contributed by atoms with Crippen molar-refractivity contribution in [1.82, 2.24) is 5.32 Å². The molecule has 7 atom stereocenters. The summed E-state index contributed by atoms with van der Waals surface area (Å²) in [4.78, 5) is 13.0. The van der Waals surface area contributed by atoms with E-state index in [1.807, 2.05) is 6.08 Å². The molecule has 7 unspecified atom stereocenters. The molecule has 63 heavy (non-hydrogen) atoms. The number of carbonyl (C=O) groups excluding carboxylic acids is 1. The lowest BCUT2D eigenvalue weighted by Crippen LogP contribution is -2.61. The third kappa shape index (κ3) is 33.9. The van der Waals surface area contributed by atoms with E-state index in [1.165, 1.54) is 180 Å². The number of hydrogen-bond donors (Lipinski definition) is 6. The normalized spacial score (nSPS) is 20.4. The lowest BCUT2D eigenvalue weighted by molar-refractivity contribution is -0.298. The zero-order chi connectivity index (χ0) is 46.2. The highest BCUT2D eigenvalue weighted by molar-refractivity contribution is 7.80. The first-order valence-corrected chi connectivity index (χ1v) is 27.4. The van der Waals surface area contributed by atoms with Gasteiger partial charge < -0.3 is 35.2 Å². The Bertz CT molecular complexity index is 1180. The van der Waals surface area contributed by atoms with Crippen LogP contribution in [0.4, 0.5) is 0 Å². The van der Waals surface area contributed by atoms with Crippen molar-refractivity contribution >= 4 is 16.3 Å². The number of hydrogen-bond acceptors (Lipinski definition) is 10. The number of nitrogens with one attached hydrogen (secondary N) is 1. The molecule has 0 aliphatic carbocycles. The zero-order valence-corrected chi connectivity index (χ0v) is 41.0. The van der Waals surface area contributed by atoms with Crippen molar-refractivity contribution in [3.8, 4) is 0 Å². The van der Waals surface area contributed by atoms with Crippen molar-refractivity contribution in [3.63, 3.8) is 0 Å². The van der Waals surface area contributed by atoms with Crippen LogP contribution in [0.15, 0.2) is 12.2 Å². The highest BCUT2D eigenvalue weighted by Crippen LogP contribution is 2.26. The van der Waals surface area contributed by atoms with Crippen LogP contribution in [0.2, 0.25) is 0 Å². The van der Waals surface area contributed by atoms with E-state index in [0.29, 0.717) is 6.42 Å². The molecular formula is C50H97NO11S. The predicted molar refractivity (Wildman–Crippen MR) is 255 cm³/mol. The minimum absolute atomic E-state index is 0.261. The van der Waals surface area contributed by atoms with Crippen LogP contribution in [0, 0.1) is 0 Å². The van der Waals surface area contributed by atoms with Gasteiger partial charge in [0.05, 0.1) is 25.4 Å². The van der Waals surface area contributed by atoms with Gasteiger partial charge in [-0.1, -0.05) is 231 Å². The fourth-order valence-corrected chi connectivity index (χ4v) is 9.02. The van der Waals surface area contributed by atoms with Crippen molar-refractivity contribution < 1.29 is 51.8 Å². The number of aliphatic hydroxyl groups is 4. The van der Waals surface area contributed by atoms with Crippen LogP contribution < -0.4 is 5.32 Å². The van der Waals surface area contributed by atoms with Crippen LogP contribution in [0.25, 0.3) is 0 Å². The fourth-order valence-electron chi connectivity index (χ4n) is 8.52. The summed E-state index contributed by atoms with van der Waals surface area (Å²) in [6.07, 6.45) is 38.4. The average molecular weight is 920 g/mol. The molecule has 1 rings (SSSR count). The third-order valence-electron chi connectivity index (χ3n) is 12.6. The highest BCUT2D eigenvalue weighted by atomic mass is 32.3. The molecule has 1 heterocycles. The molecule has 1 saturated heterocycles. The van der Waals surface area contributed by atoms with Crippen molar-refractivity contribution in [2.24, 2.45) is 0 Å². The third-order valence-corrected chi connectivity index (χ3v) is 13.0. The Balaban J connectivity index is 2.37. The summed E-state index contributed by atoms with van der Waals surface area (Å²) in [5, 5.41) is 44.8. The minimum Gasteiger partial charge on any atom is -0.394 e. The van der Waals surface area contributed by atoms with E-state index in [2.05, 4.69) is 23.3 Å². The standard InChI is InChI=1S/C50H97NO11S/c1-3-5-7-9-11-13-15-16-17-18-19-20-21-22-23-24-25-26-27-28-30-31-33-35-37-39-44(53)43(51-46(54)40-38-36-34-32-29-14-12-10-8-6-4-2)42-60-50-48(56)49(62-63(57,58)59)47(55)45(41-52)61-50/h37,39,43-45,47-50,52-53,55-56H,3-36,38,40-42H2,1-2H3,(H,51,54)(H,57,58,59)/b39-37+. The maximum atomic E-state index is 13.0. The first-order valence-electron chi connectivity index (χ1n) is 26.1. The Labute approximate surface area is 385 Å². The quantitative estimate of drug-likeness (QED) is 0.0193. The summed E-state index contributed by atoms with van der Waals surface area (Å²) < 4.78 is 47.6. The Morgan fingerprint density at radius 2 is 1.00 bits per heavy atom. The number of allylic oxidation sites excluding steroid dienone is 1. The fraction of sp³-hybridized carbons (Fsp3) is 0.940. The summed E-state index contributed by atoms with van der Waals surface area (Å²) in [5.74, 6) is -0.261. The minimum atomic E-state index is -5.08. The van der Waals surface area contributed by atoms with Crippen molar-refractivity contribution in [3.05, 3.63) is 12.2 Å². The Hall–Kier alpha value is -1.16. The van der Waals surface area contributed by atoms with Crippen LogP contribution in [0.3, 0.4) is 0 Å². The van der Waals surface area contributed by atoms with Crippen LogP contribution in [-0.4, -0.2) is 95.4 Å². The maximum Gasteiger partial charge on any atom is 0.397 e. The van der Waals surface area contributed by atoms with Crippen molar-refractivity contribution in [2.75, 3.05) is 13.2 Å². The van der Waals surface area contributed by atoms with E-state index < -0.39 is 59.9 Å². The molecule has 0 aromatic carbocycles. The molecule has 0 bridgehead atoms. The monoisotopic (exact) mass is 920 g/mol. The lowest BCUT2D eigenvalue weighted by atomic mass is 9.99. The second-order valence-corrected chi connectivity index (χ2v) is 19.5. The molecule has 0 spiro atoms. The number of unbranched alkanes of at least 4 members (excludes halogenated alkanes) is 33. The first-order chi connectivity index (χ1) is 30.5. The van der Waals surface area contributed by atoms with Crippen LogP contribution in [0.5, 0.6) is 0 Å². The molecule has 374 valence electrons. The smallest absolute Gasteiger partial charge is 0.394 e. The van der Waals surface area contributed by atoms with E-state index in [9.17, 15) is 38.2 Å². The highest BCUT2D eigenvalue weighted by Gasteiger charge is 2.48. The number of amides is 1. The molecule has 13 heteroatoms. The van der Waals surface area contributed by atoms with Gasteiger partial charge in [-0.05, 0) is 19.3 Å². The van der Waals surface area contributed by atoms with Gasteiger partial charge in [-0.2, -0.15) is 8.42 Å². The van der Waals surface area contributed by atoms with Gasteiger partial charge in [0.25, 0.3) is 0 Å². The first kappa shape index (κ1) is 59.9. The molecule has 1 fully saturated rings. The number of rotatable bonds is 45. The molecule has 0 aromatic heterocycles. The van der Waals surface area contributed by atoms with Crippen LogP contribution in [-0.2, 0) is 28.9 Å². The second-order valence-electron chi connectivity index (χ2n) is 18.5. The summed E-state index contributed by atoms with van der Waals surface area (Å²) in [6.45, 7) is 3.40. The Kier molecular flexibility index (Phi) is 39.0. The second kappa shape index (κ2) is 41.1. The predicted octanol–water partition coefficient (Wildman–Crippen LogP) is 11.1. The number of ether oxygens (including phenoxy) is 2. The van der Waals surface area contributed by atoms with E-state index in [0.717, 1.165) is 38.5 Å².